The minimum atomic E-state index is -0.281. The number of aryl methyl sites for hydroxylation is 1. The Bertz CT molecular complexity index is 596. The lowest BCUT2D eigenvalue weighted by Crippen LogP contribution is -2.15. The summed E-state index contributed by atoms with van der Waals surface area (Å²) in [6.07, 6.45) is 2.00. The van der Waals surface area contributed by atoms with Crippen molar-refractivity contribution in [3.63, 3.8) is 0 Å². The highest BCUT2D eigenvalue weighted by atomic mass is 35.5. The molecule has 19 heavy (non-hydrogen) atoms. The van der Waals surface area contributed by atoms with Crippen molar-refractivity contribution in [3.05, 3.63) is 52.0 Å². The molecule has 0 aliphatic rings. The summed E-state index contributed by atoms with van der Waals surface area (Å²) in [5.74, 6) is -0.281. The minimum Gasteiger partial charge on any atom is -0.317 e. The number of hydrogen-bond acceptors (Lipinski definition) is 3. The Balaban J connectivity index is 2.31. The van der Waals surface area contributed by atoms with Gasteiger partial charge in [0, 0.05) is 5.56 Å². The van der Waals surface area contributed by atoms with Crippen molar-refractivity contribution in [2.24, 2.45) is 0 Å². The van der Waals surface area contributed by atoms with Gasteiger partial charge in [0.2, 0.25) is 0 Å². The highest BCUT2D eigenvalue weighted by molar-refractivity contribution is 6.38. The largest absolute Gasteiger partial charge is 0.317 e. The Morgan fingerprint density at radius 3 is 2.47 bits per heavy atom. The number of halogens is 2. The first-order chi connectivity index (χ1) is 9.13. The zero-order valence-corrected chi connectivity index (χ0v) is 11.7. The van der Waals surface area contributed by atoms with Crippen molar-refractivity contribution in [3.8, 4) is 0 Å². The van der Waals surface area contributed by atoms with Crippen LogP contribution in [0.5, 0.6) is 0 Å². The zero-order chi connectivity index (χ0) is 13.8. The van der Waals surface area contributed by atoms with Crippen LogP contribution in [-0.4, -0.2) is 15.9 Å². The number of carbonyl (C=O) groups is 1. The standard InChI is InChI=1S/C13H11Cl2N3O/c1-2-8-5-3-4-6-9(8)13(19)18-10-11(14)16-7-17-12(10)15/h3-7H,2H2,1H3,(H,18,19). The van der Waals surface area contributed by atoms with Crippen LogP contribution < -0.4 is 5.32 Å². The third-order valence-electron chi connectivity index (χ3n) is 2.64. The topological polar surface area (TPSA) is 54.9 Å². The van der Waals surface area contributed by atoms with Gasteiger partial charge >= 0.3 is 0 Å². The highest BCUT2D eigenvalue weighted by Crippen LogP contribution is 2.26. The molecule has 1 heterocycles. The van der Waals surface area contributed by atoms with Crippen LogP contribution in [0.15, 0.2) is 30.6 Å². The molecule has 1 aromatic carbocycles. The number of hydrogen-bond donors (Lipinski definition) is 1. The van der Waals surface area contributed by atoms with Crippen LogP contribution in [0.3, 0.4) is 0 Å². The SMILES string of the molecule is CCc1ccccc1C(=O)Nc1c(Cl)ncnc1Cl. The quantitative estimate of drug-likeness (QED) is 0.880. The van der Waals surface area contributed by atoms with Crippen LogP contribution in [0.4, 0.5) is 5.69 Å². The summed E-state index contributed by atoms with van der Waals surface area (Å²) in [6, 6.07) is 7.35. The predicted octanol–water partition coefficient (Wildman–Crippen LogP) is 3.60. The molecule has 98 valence electrons. The molecule has 0 fully saturated rings. The molecule has 1 amide bonds. The van der Waals surface area contributed by atoms with Gasteiger partial charge in [-0.15, -0.1) is 0 Å². The predicted molar refractivity (Wildman–Crippen MR) is 75.8 cm³/mol. The molecule has 1 aromatic heterocycles. The minimum absolute atomic E-state index is 0.113. The van der Waals surface area contributed by atoms with E-state index in [1.807, 2.05) is 19.1 Å². The lowest BCUT2D eigenvalue weighted by molar-refractivity contribution is 0.102. The molecular formula is C13H11Cl2N3O. The number of anilines is 1. The second-order valence-corrected chi connectivity index (χ2v) is 4.51. The molecule has 6 heteroatoms. The second-order valence-electron chi connectivity index (χ2n) is 3.80. The normalized spacial score (nSPS) is 10.3. The molecule has 0 spiro atoms. The van der Waals surface area contributed by atoms with Gasteiger partial charge in [0.25, 0.3) is 5.91 Å². The van der Waals surface area contributed by atoms with Gasteiger partial charge < -0.3 is 5.32 Å². The van der Waals surface area contributed by atoms with E-state index in [2.05, 4.69) is 15.3 Å². The lowest BCUT2D eigenvalue weighted by Gasteiger charge is -2.10. The number of nitrogens with one attached hydrogen (secondary N) is 1. The van der Waals surface area contributed by atoms with E-state index in [1.165, 1.54) is 6.33 Å². The molecule has 1 N–H and O–H groups in total. The van der Waals surface area contributed by atoms with E-state index in [4.69, 9.17) is 23.2 Å². The number of carbonyl (C=O) groups excluding carboxylic acids is 1. The van der Waals surface area contributed by atoms with Crippen molar-refractivity contribution in [2.45, 2.75) is 13.3 Å². The van der Waals surface area contributed by atoms with Crippen molar-refractivity contribution in [1.82, 2.24) is 9.97 Å². The molecule has 0 saturated heterocycles. The first-order valence-electron chi connectivity index (χ1n) is 5.68. The fraction of sp³-hybridized carbons (Fsp3) is 0.154. The molecule has 0 unspecified atom stereocenters. The van der Waals surface area contributed by atoms with Gasteiger partial charge in [-0.1, -0.05) is 48.3 Å². The van der Waals surface area contributed by atoms with Crippen LogP contribution in [0, 0.1) is 0 Å². The molecule has 0 aliphatic heterocycles. The molecular weight excluding hydrogens is 285 g/mol. The highest BCUT2D eigenvalue weighted by Gasteiger charge is 2.15. The molecule has 0 radical (unpaired) electrons. The summed E-state index contributed by atoms with van der Waals surface area (Å²) in [5, 5.41) is 2.87. The summed E-state index contributed by atoms with van der Waals surface area (Å²) in [4.78, 5) is 19.8. The van der Waals surface area contributed by atoms with Gasteiger partial charge in [0.1, 0.15) is 12.0 Å². The zero-order valence-electron chi connectivity index (χ0n) is 10.2. The van der Waals surface area contributed by atoms with Gasteiger partial charge in [-0.05, 0) is 18.1 Å². The van der Waals surface area contributed by atoms with E-state index < -0.39 is 0 Å². The first kappa shape index (κ1) is 13.8. The monoisotopic (exact) mass is 295 g/mol. The van der Waals surface area contributed by atoms with Gasteiger partial charge in [-0.2, -0.15) is 0 Å². The Kier molecular flexibility index (Phi) is 4.35. The fourth-order valence-electron chi connectivity index (χ4n) is 1.68. The van der Waals surface area contributed by atoms with Crippen LogP contribution in [0.1, 0.15) is 22.8 Å². The summed E-state index contributed by atoms with van der Waals surface area (Å²) >= 11 is 11.8. The first-order valence-corrected chi connectivity index (χ1v) is 6.44. The second kappa shape index (κ2) is 5.99. The van der Waals surface area contributed by atoms with Gasteiger partial charge in [0.15, 0.2) is 10.3 Å². The van der Waals surface area contributed by atoms with Crippen molar-refractivity contribution in [1.29, 1.82) is 0 Å². The van der Waals surface area contributed by atoms with Gasteiger partial charge in [-0.3, -0.25) is 4.79 Å². The summed E-state index contributed by atoms with van der Waals surface area (Å²) in [6.45, 7) is 1.98. The summed E-state index contributed by atoms with van der Waals surface area (Å²) < 4.78 is 0. The molecule has 0 bridgehead atoms. The fourth-order valence-corrected chi connectivity index (χ4v) is 2.09. The van der Waals surface area contributed by atoms with E-state index in [-0.39, 0.29) is 21.9 Å². The van der Waals surface area contributed by atoms with Crippen molar-refractivity contribution in [2.75, 3.05) is 5.32 Å². The number of benzene rings is 1. The van der Waals surface area contributed by atoms with Gasteiger partial charge in [-0.25, -0.2) is 9.97 Å². The van der Waals surface area contributed by atoms with Crippen LogP contribution in [0.25, 0.3) is 0 Å². The number of nitrogens with zero attached hydrogens (tertiary/aromatic N) is 2. The van der Waals surface area contributed by atoms with E-state index >= 15 is 0 Å². The third-order valence-corrected chi connectivity index (χ3v) is 3.21. The maximum absolute atomic E-state index is 12.2. The maximum Gasteiger partial charge on any atom is 0.256 e. The molecule has 0 saturated carbocycles. The maximum atomic E-state index is 12.2. The smallest absolute Gasteiger partial charge is 0.256 e. The number of amides is 1. The molecule has 0 atom stereocenters. The van der Waals surface area contributed by atoms with E-state index in [9.17, 15) is 4.79 Å². The van der Waals surface area contributed by atoms with E-state index in [0.717, 1.165) is 12.0 Å². The van der Waals surface area contributed by atoms with Crippen molar-refractivity contribution < 1.29 is 4.79 Å². The number of rotatable bonds is 3. The van der Waals surface area contributed by atoms with E-state index in [1.54, 1.807) is 12.1 Å². The average Bonchev–Trinajstić information content (AvgIpc) is 2.42. The van der Waals surface area contributed by atoms with Gasteiger partial charge in [0.05, 0.1) is 0 Å². The Morgan fingerprint density at radius 1 is 1.21 bits per heavy atom. The van der Waals surface area contributed by atoms with E-state index in [0.29, 0.717) is 5.56 Å². The van der Waals surface area contributed by atoms with Crippen LogP contribution in [0.2, 0.25) is 10.3 Å². The van der Waals surface area contributed by atoms with Crippen LogP contribution >= 0.6 is 23.2 Å². The Hall–Kier alpha value is -1.65. The molecule has 0 aliphatic carbocycles. The average molecular weight is 296 g/mol. The summed E-state index contributed by atoms with van der Waals surface area (Å²) in [5.41, 5.74) is 1.76. The molecule has 2 rings (SSSR count). The third kappa shape index (κ3) is 3.03. The Morgan fingerprint density at radius 2 is 1.84 bits per heavy atom. The molecule has 2 aromatic rings. The number of aromatic nitrogens is 2. The Labute approximate surface area is 120 Å². The van der Waals surface area contributed by atoms with Crippen LogP contribution in [-0.2, 0) is 6.42 Å². The molecule has 4 nitrogen and oxygen atoms in total. The summed E-state index contributed by atoms with van der Waals surface area (Å²) in [7, 11) is 0. The lowest BCUT2D eigenvalue weighted by atomic mass is 10.0. The van der Waals surface area contributed by atoms with Crippen molar-refractivity contribution >= 4 is 34.8 Å².